The van der Waals surface area contributed by atoms with Crippen LogP contribution in [0.1, 0.15) is 33.3 Å². The predicted molar refractivity (Wildman–Crippen MR) is 82.0 cm³/mol. The molecule has 1 aromatic carbocycles. The molecule has 1 N–H and O–H groups in total. The Morgan fingerprint density at radius 3 is 2.45 bits per heavy atom. The zero-order valence-electron chi connectivity index (χ0n) is 13.3. The van der Waals surface area contributed by atoms with E-state index in [1.165, 1.54) is 12.1 Å². The van der Waals surface area contributed by atoms with Crippen LogP contribution in [0.4, 0.5) is 5.69 Å². The third-order valence-corrected chi connectivity index (χ3v) is 3.06. The lowest BCUT2D eigenvalue weighted by atomic mass is 10.1. The number of hydrogen-bond acceptors (Lipinski definition) is 5. The van der Waals surface area contributed by atoms with Crippen molar-refractivity contribution in [1.29, 1.82) is 0 Å². The number of ether oxygens (including phenoxy) is 1. The fraction of sp³-hybridized carbons (Fsp3) is 0.533. The molecule has 1 aromatic rings. The molecule has 0 atom stereocenters. The Morgan fingerprint density at radius 2 is 2.00 bits per heavy atom. The van der Waals surface area contributed by atoms with Gasteiger partial charge in [-0.15, -0.1) is 0 Å². The van der Waals surface area contributed by atoms with Crippen LogP contribution in [0.25, 0.3) is 0 Å². The van der Waals surface area contributed by atoms with Crippen molar-refractivity contribution in [3.8, 4) is 5.75 Å². The Kier molecular flexibility index (Phi) is 6.30. The number of benzene rings is 1. The summed E-state index contributed by atoms with van der Waals surface area (Å²) in [5.41, 5.74) is 0.572. The molecule has 0 fully saturated rings. The molecule has 0 aliphatic heterocycles. The average molecular weight is 310 g/mol. The number of nitrogens with zero attached hydrogens (tertiary/aromatic N) is 2. The van der Waals surface area contributed by atoms with Crippen molar-refractivity contribution in [1.82, 2.24) is 4.90 Å². The van der Waals surface area contributed by atoms with Crippen LogP contribution >= 0.6 is 0 Å². The molecule has 122 valence electrons. The minimum Gasteiger partial charge on any atom is -0.491 e. The molecule has 0 saturated heterocycles. The molecule has 0 heterocycles. The van der Waals surface area contributed by atoms with Crippen LogP contribution in [0, 0.1) is 10.1 Å². The quantitative estimate of drug-likeness (QED) is 0.586. The summed E-state index contributed by atoms with van der Waals surface area (Å²) in [5, 5.41) is 19.9. The van der Waals surface area contributed by atoms with Gasteiger partial charge in [0.15, 0.2) is 0 Å². The Balaban J connectivity index is 3.13. The summed E-state index contributed by atoms with van der Waals surface area (Å²) in [7, 11) is 0. The summed E-state index contributed by atoms with van der Waals surface area (Å²) in [4.78, 5) is 23.1. The monoisotopic (exact) mass is 310 g/mol. The number of carboxylic acids is 1. The third kappa shape index (κ3) is 5.33. The molecule has 7 nitrogen and oxygen atoms in total. The second-order valence-corrected chi connectivity index (χ2v) is 5.61. The maximum absolute atomic E-state index is 11.0. The fourth-order valence-corrected chi connectivity index (χ4v) is 1.99. The number of nitro benzene ring substituents is 1. The lowest BCUT2D eigenvalue weighted by Gasteiger charge is -2.25. The SMILES string of the molecule is CC(C)Oc1ccc([N+](=O)[O-])cc1CN(CC(=O)O)C(C)C. The van der Waals surface area contributed by atoms with Gasteiger partial charge in [-0.05, 0) is 33.8 Å². The smallest absolute Gasteiger partial charge is 0.317 e. The van der Waals surface area contributed by atoms with Gasteiger partial charge in [0.05, 0.1) is 17.6 Å². The Hall–Kier alpha value is -2.15. The van der Waals surface area contributed by atoms with Crippen LogP contribution in [0.5, 0.6) is 5.75 Å². The minimum absolute atomic E-state index is 0.0118. The molecule has 0 amide bonds. The molecule has 0 aliphatic carbocycles. The molecule has 0 unspecified atom stereocenters. The van der Waals surface area contributed by atoms with E-state index in [2.05, 4.69) is 0 Å². The van der Waals surface area contributed by atoms with Gasteiger partial charge in [-0.1, -0.05) is 0 Å². The minimum atomic E-state index is -0.939. The maximum Gasteiger partial charge on any atom is 0.317 e. The van der Waals surface area contributed by atoms with E-state index in [0.717, 1.165) is 0 Å². The molecule has 0 bridgehead atoms. The molecule has 0 spiro atoms. The second-order valence-electron chi connectivity index (χ2n) is 5.61. The van der Waals surface area contributed by atoms with Crippen molar-refractivity contribution in [2.24, 2.45) is 0 Å². The molecular weight excluding hydrogens is 288 g/mol. The Morgan fingerprint density at radius 1 is 1.36 bits per heavy atom. The van der Waals surface area contributed by atoms with E-state index in [9.17, 15) is 14.9 Å². The van der Waals surface area contributed by atoms with Gasteiger partial charge in [0.1, 0.15) is 5.75 Å². The molecule has 0 saturated carbocycles. The fourth-order valence-electron chi connectivity index (χ4n) is 1.99. The molecule has 0 aliphatic rings. The lowest BCUT2D eigenvalue weighted by Crippen LogP contribution is -2.35. The highest BCUT2D eigenvalue weighted by molar-refractivity contribution is 5.69. The van der Waals surface area contributed by atoms with Crippen molar-refractivity contribution < 1.29 is 19.6 Å². The van der Waals surface area contributed by atoms with E-state index in [4.69, 9.17) is 9.84 Å². The second kappa shape index (κ2) is 7.74. The van der Waals surface area contributed by atoms with E-state index in [1.54, 1.807) is 11.0 Å². The van der Waals surface area contributed by atoms with E-state index in [0.29, 0.717) is 11.3 Å². The number of non-ortho nitro benzene ring substituents is 1. The maximum atomic E-state index is 11.0. The van der Waals surface area contributed by atoms with Gasteiger partial charge in [0.2, 0.25) is 0 Å². The van der Waals surface area contributed by atoms with Crippen LogP contribution in [-0.2, 0) is 11.3 Å². The highest BCUT2D eigenvalue weighted by atomic mass is 16.6. The summed E-state index contributed by atoms with van der Waals surface area (Å²) in [6.45, 7) is 7.62. The first-order chi connectivity index (χ1) is 10.2. The first-order valence-corrected chi connectivity index (χ1v) is 7.10. The Labute approximate surface area is 129 Å². The Bertz CT molecular complexity index is 543. The summed E-state index contributed by atoms with van der Waals surface area (Å²) in [6.07, 6.45) is -0.0767. The van der Waals surface area contributed by atoms with Gasteiger partial charge >= 0.3 is 5.97 Å². The van der Waals surface area contributed by atoms with Gasteiger partial charge in [-0.25, -0.2) is 0 Å². The summed E-state index contributed by atoms with van der Waals surface area (Å²) in [5.74, 6) is -0.401. The largest absolute Gasteiger partial charge is 0.491 e. The van der Waals surface area contributed by atoms with Crippen LogP contribution in [0.3, 0.4) is 0 Å². The van der Waals surface area contributed by atoms with E-state index in [-0.39, 0.29) is 30.9 Å². The summed E-state index contributed by atoms with van der Waals surface area (Å²) in [6, 6.07) is 4.38. The first kappa shape index (κ1) is 17.9. The van der Waals surface area contributed by atoms with Crippen LogP contribution < -0.4 is 4.74 Å². The van der Waals surface area contributed by atoms with Gasteiger partial charge in [-0.3, -0.25) is 19.8 Å². The summed E-state index contributed by atoms with van der Waals surface area (Å²) < 4.78 is 5.67. The number of carbonyl (C=O) groups is 1. The van der Waals surface area contributed by atoms with Gasteiger partial charge < -0.3 is 9.84 Å². The number of aliphatic carboxylic acids is 1. The molecule has 22 heavy (non-hydrogen) atoms. The molecule has 0 radical (unpaired) electrons. The highest BCUT2D eigenvalue weighted by Crippen LogP contribution is 2.27. The van der Waals surface area contributed by atoms with Gasteiger partial charge in [0, 0.05) is 30.3 Å². The number of carboxylic acid groups (broad SMARTS) is 1. The molecular formula is C15H22N2O5. The van der Waals surface area contributed by atoms with Crippen molar-refractivity contribution in [3.05, 3.63) is 33.9 Å². The van der Waals surface area contributed by atoms with Crippen molar-refractivity contribution in [3.63, 3.8) is 0 Å². The van der Waals surface area contributed by atoms with Gasteiger partial charge in [-0.2, -0.15) is 0 Å². The van der Waals surface area contributed by atoms with Crippen LogP contribution in [-0.4, -0.2) is 39.6 Å². The normalized spacial score (nSPS) is 11.2. The molecule has 0 aromatic heterocycles. The van der Waals surface area contributed by atoms with E-state index in [1.807, 2.05) is 27.7 Å². The zero-order chi connectivity index (χ0) is 16.9. The van der Waals surface area contributed by atoms with Crippen molar-refractivity contribution in [2.75, 3.05) is 6.54 Å². The topological polar surface area (TPSA) is 92.9 Å². The number of rotatable bonds is 8. The molecule has 7 heteroatoms. The third-order valence-electron chi connectivity index (χ3n) is 3.06. The lowest BCUT2D eigenvalue weighted by molar-refractivity contribution is -0.385. The number of hydrogen-bond donors (Lipinski definition) is 1. The zero-order valence-corrected chi connectivity index (χ0v) is 13.3. The average Bonchev–Trinajstić information content (AvgIpc) is 2.38. The predicted octanol–water partition coefficient (Wildman–Crippen LogP) is 2.68. The van der Waals surface area contributed by atoms with Crippen molar-refractivity contribution in [2.45, 2.75) is 46.4 Å². The van der Waals surface area contributed by atoms with Crippen molar-refractivity contribution >= 4 is 11.7 Å². The van der Waals surface area contributed by atoms with Crippen LogP contribution in [0.2, 0.25) is 0 Å². The van der Waals surface area contributed by atoms with Crippen LogP contribution in [0.15, 0.2) is 18.2 Å². The van der Waals surface area contributed by atoms with E-state index >= 15 is 0 Å². The number of nitro groups is 1. The molecule has 1 rings (SSSR count). The van der Waals surface area contributed by atoms with E-state index < -0.39 is 10.9 Å². The summed E-state index contributed by atoms with van der Waals surface area (Å²) >= 11 is 0. The van der Waals surface area contributed by atoms with Gasteiger partial charge in [0.25, 0.3) is 5.69 Å². The highest BCUT2D eigenvalue weighted by Gasteiger charge is 2.19. The standard InChI is InChI=1S/C15H22N2O5/c1-10(2)16(9-15(18)19)8-12-7-13(17(20)21)5-6-14(12)22-11(3)4/h5-7,10-11H,8-9H2,1-4H3,(H,18,19). The first-order valence-electron chi connectivity index (χ1n) is 7.10.